The lowest BCUT2D eigenvalue weighted by Gasteiger charge is -2.14. The maximum absolute atomic E-state index is 10.9. The summed E-state index contributed by atoms with van der Waals surface area (Å²) in [6, 6.07) is -0.131. The highest BCUT2D eigenvalue weighted by molar-refractivity contribution is 7.77. The van der Waals surface area contributed by atoms with Crippen molar-refractivity contribution in [3.63, 3.8) is 0 Å². The van der Waals surface area contributed by atoms with Gasteiger partial charge in [0.25, 0.3) is 0 Å². The molecule has 0 bridgehead atoms. The highest BCUT2D eigenvalue weighted by Crippen LogP contribution is 1.94. The van der Waals surface area contributed by atoms with Gasteiger partial charge in [0, 0.05) is 37.4 Å². The highest BCUT2D eigenvalue weighted by Gasteiger charge is 2.17. The average molecular weight is 192 g/mol. The summed E-state index contributed by atoms with van der Waals surface area (Å²) in [6.45, 7) is 1.97. The molecular weight excluding hydrogens is 182 g/mol. The zero-order chi connectivity index (χ0) is 8.97. The van der Waals surface area contributed by atoms with E-state index in [2.05, 4.69) is 10.0 Å². The number of hydrogen-bond donors (Lipinski definition) is 2. The number of carbonyl (C=O) groups excluding carboxylic acids is 1. The molecule has 12 heavy (non-hydrogen) atoms. The van der Waals surface area contributed by atoms with Crippen LogP contribution in [0, 0.1) is 0 Å². The summed E-state index contributed by atoms with van der Waals surface area (Å²) in [4.78, 5) is 12.4. The number of nitrogens with zero attached hydrogens (tertiary/aromatic N) is 1. The van der Waals surface area contributed by atoms with Crippen LogP contribution in [0.15, 0.2) is 0 Å². The number of urea groups is 1. The van der Waals surface area contributed by atoms with E-state index in [1.54, 1.807) is 4.90 Å². The second-order valence-corrected chi connectivity index (χ2v) is 3.11. The summed E-state index contributed by atoms with van der Waals surface area (Å²) in [5, 5.41) is 2.61. The molecule has 1 aliphatic rings. The lowest BCUT2D eigenvalue weighted by atomic mass is 10.5. The van der Waals surface area contributed by atoms with Crippen molar-refractivity contribution in [1.82, 2.24) is 14.9 Å². The monoisotopic (exact) mass is 192 g/mol. The number of amides is 2. The van der Waals surface area contributed by atoms with E-state index in [0.717, 1.165) is 0 Å². The second kappa shape index (κ2) is 4.39. The van der Waals surface area contributed by atoms with E-state index in [1.165, 1.54) is 0 Å². The Labute approximate surface area is 72.7 Å². The zero-order valence-corrected chi connectivity index (χ0v) is 7.23. The van der Waals surface area contributed by atoms with Gasteiger partial charge in [0.1, 0.15) is 0 Å². The molecule has 0 radical (unpaired) electrons. The first-order valence-corrected chi connectivity index (χ1v) is 4.63. The van der Waals surface area contributed by atoms with E-state index in [9.17, 15) is 13.6 Å². The molecule has 0 aromatic rings. The van der Waals surface area contributed by atoms with Crippen LogP contribution in [0.4, 0.5) is 4.79 Å². The Balaban J connectivity index is 2.14. The van der Waals surface area contributed by atoms with Crippen molar-refractivity contribution in [3.8, 4) is 0 Å². The van der Waals surface area contributed by atoms with Gasteiger partial charge in [-0.05, 0) is 0 Å². The number of rotatable bonds is 4. The SMILES string of the molecule is O=C1NCCN1CCNS(=O)[O-]. The Bertz CT molecular complexity index is 198. The fraction of sp³-hybridized carbons (Fsp3) is 0.800. The molecule has 2 amide bonds. The van der Waals surface area contributed by atoms with Gasteiger partial charge in [-0.25, -0.2) is 9.52 Å². The molecule has 0 aromatic carbocycles. The van der Waals surface area contributed by atoms with Gasteiger partial charge in [0.15, 0.2) is 0 Å². The van der Waals surface area contributed by atoms with Crippen molar-refractivity contribution < 1.29 is 13.6 Å². The normalized spacial score (nSPS) is 19.4. The molecule has 7 heteroatoms. The van der Waals surface area contributed by atoms with E-state index in [4.69, 9.17) is 0 Å². The predicted molar refractivity (Wildman–Crippen MR) is 41.9 cm³/mol. The van der Waals surface area contributed by atoms with Gasteiger partial charge < -0.3 is 14.8 Å². The Kier molecular flexibility index (Phi) is 3.45. The Morgan fingerprint density at radius 2 is 2.50 bits per heavy atom. The van der Waals surface area contributed by atoms with Crippen molar-refractivity contribution in [1.29, 1.82) is 0 Å². The molecule has 2 N–H and O–H groups in total. The lowest BCUT2D eigenvalue weighted by Crippen LogP contribution is -2.35. The summed E-state index contributed by atoms with van der Waals surface area (Å²) in [6.07, 6.45) is 0. The van der Waals surface area contributed by atoms with Crippen molar-refractivity contribution >= 4 is 17.3 Å². The van der Waals surface area contributed by atoms with Gasteiger partial charge in [-0.3, -0.25) is 4.21 Å². The minimum Gasteiger partial charge on any atom is -0.760 e. The van der Waals surface area contributed by atoms with Gasteiger partial charge in [-0.15, -0.1) is 0 Å². The van der Waals surface area contributed by atoms with Crippen LogP contribution in [0.3, 0.4) is 0 Å². The quantitative estimate of drug-likeness (QED) is 0.526. The molecule has 6 nitrogen and oxygen atoms in total. The summed E-state index contributed by atoms with van der Waals surface area (Å²) < 4.78 is 22.2. The van der Waals surface area contributed by atoms with E-state index < -0.39 is 11.3 Å². The molecule has 1 saturated heterocycles. The minimum absolute atomic E-state index is 0.131. The van der Waals surface area contributed by atoms with E-state index in [1.807, 2.05) is 0 Å². The topological polar surface area (TPSA) is 84.5 Å². The molecule has 1 fully saturated rings. The maximum atomic E-state index is 10.9. The molecule has 0 spiro atoms. The summed E-state index contributed by atoms with van der Waals surface area (Å²) in [5.74, 6) is 0. The Morgan fingerprint density at radius 3 is 3.00 bits per heavy atom. The molecule has 70 valence electrons. The van der Waals surface area contributed by atoms with E-state index in [-0.39, 0.29) is 12.6 Å². The number of carbonyl (C=O) groups is 1. The lowest BCUT2D eigenvalue weighted by molar-refractivity contribution is 0.218. The Morgan fingerprint density at radius 1 is 1.75 bits per heavy atom. The van der Waals surface area contributed by atoms with Crippen LogP contribution < -0.4 is 10.0 Å². The first kappa shape index (κ1) is 9.43. The minimum atomic E-state index is -2.24. The third kappa shape index (κ3) is 2.76. The fourth-order valence-electron chi connectivity index (χ4n) is 0.988. The van der Waals surface area contributed by atoms with Crippen LogP contribution in [0.2, 0.25) is 0 Å². The largest absolute Gasteiger partial charge is 0.760 e. The standard InChI is InChI=1S/C5H11N3O3S/c9-5-6-1-3-8(5)4-2-7-12(10)11/h7H,1-4H2,(H,6,9)(H,10,11)/p-1. The molecular formula is C5H10N3O3S-. The summed E-state index contributed by atoms with van der Waals surface area (Å²) >= 11 is -2.24. The maximum Gasteiger partial charge on any atom is 0.317 e. The van der Waals surface area contributed by atoms with Gasteiger partial charge in [0.05, 0.1) is 0 Å². The van der Waals surface area contributed by atoms with Crippen LogP contribution in [0.1, 0.15) is 0 Å². The van der Waals surface area contributed by atoms with Crippen LogP contribution in [-0.2, 0) is 11.3 Å². The van der Waals surface area contributed by atoms with Crippen molar-refractivity contribution in [2.75, 3.05) is 26.2 Å². The van der Waals surface area contributed by atoms with Crippen LogP contribution in [-0.4, -0.2) is 45.9 Å². The van der Waals surface area contributed by atoms with Gasteiger partial charge in [-0.1, -0.05) is 0 Å². The molecule has 1 unspecified atom stereocenters. The van der Waals surface area contributed by atoms with E-state index in [0.29, 0.717) is 19.6 Å². The van der Waals surface area contributed by atoms with Crippen molar-refractivity contribution in [2.45, 2.75) is 0 Å². The number of nitrogens with one attached hydrogen (secondary N) is 2. The van der Waals surface area contributed by atoms with Crippen LogP contribution >= 0.6 is 0 Å². The third-order valence-electron chi connectivity index (χ3n) is 1.55. The third-order valence-corrected chi connectivity index (χ3v) is 1.99. The number of hydrogen-bond acceptors (Lipinski definition) is 3. The van der Waals surface area contributed by atoms with Crippen LogP contribution in [0.25, 0.3) is 0 Å². The first-order chi connectivity index (χ1) is 5.70. The molecule has 1 atom stereocenters. The first-order valence-electron chi connectivity index (χ1n) is 3.55. The van der Waals surface area contributed by atoms with Gasteiger partial charge in [-0.2, -0.15) is 0 Å². The Hall–Kier alpha value is -0.660. The molecule has 1 heterocycles. The smallest absolute Gasteiger partial charge is 0.317 e. The average Bonchev–Trinajstić information content (AvgIpc) is 2.36. The van der Waals surface area contributed by atoms with Crippen molar-refractivity contribution in [3.05, 3.63) is 0 Å². The molecule has 0 aromatic heterocycles. The summed E-state index contributed by atoms with van der Waals surface area (Å²) in [7, 11) is 0. The predicted octanol–water partition coefficient (Wildman–Crippen LogP) is -1.60. The van der Waals surface area contributed by atoms with E-state index >= 15 is 0 Å². The molecule has 0 saturated carbocycles. The van der Waals surface area contributed by atoms with Gasteiger partial charge >= 0.3 is 6.03 Å². The second-order valence-electron chi connectivity index (χ2n) is 2.35. The van der Waals surface area contributed by atoms with Crippen LogP contribution in [0.5, 0.6) is 0 Å². The van der Waals surface area contributed by atoms with Gasteiger partial charge in [0.2, 0.25) is 0 Å². The molecule has 1 rings (SSSR count). The van der Waals surface area contributed by atoms with Crippen molar-refractivity contribution in [2.24, 2.45) is 0 Å². The fourth-order valence-corrected chi connectivity index (χ4v) is 1.25. The highest BCUT2D eigenvalue weighted by atomic mass is 32.2. The molecule has 0 aliphatic carbocycles. The zero-order valence-electron chi connectivity index (χ0n) is 6.41. The summed E-state index contributed by atoms with van der Waals surface area (Å²) in [5.41, 5.74) is 0. The molecule has 1 aliphatic heterocycles.